The summed E-state index contributed by atoms with van der Waals surface area (Å²) in [4.78, 5) is 25.2. The summed E-state index contributed by atoms with van der Waals surface area (Å²) in [7, 11) is 0. The Morgan fingerprint density at radius 3 is 2.03 bits per heavy atom. The largest absolute Gasteiger partial charge is 0.467 e. The smallest absolute Gasteiger partial charge is 0.343 e. The standard InChI is InChI=1S/C31H34O8/c1-20(21(2)32)14-25-27(37-18-35-16-23-10-6-4-7-11-23)15-26-28(31(34)39-29(26)22(3)33)30(25)38-19-36-17-24-12-8-5-9-13-24/h4-13,15,20,22,29,33H,14,16-19H2,1-3H3/t20-,22-,29+/m0/s1. The molecule has 1 N–H and O–H groups in total. The number of rotatable bonds is 14. The zero-order valence-corrected chi connectivity index (χ0v) is 22.4. The molecule has 3 aromatic rings. The van der Waals surface area contributed by atoms with Crippen molar-refractivity contribution in [2.24, 2.45) is 5.92 Å². The van der Waals surface area contributed by atoms with Crippen molar-refractivity contribution < 1.29 is 38.4 Å². The number of Topliss-reactive ketones (excluding diaryl/α,β-unsaturated/α-hetero) is 1. The minimum absolute atomic E-state index is 0.0162. The van der Waals surface area contributed by atoms with Crippen LogP contribution in [-0.2, 0) is 38.6 Å². The highest BCUT2D eigenvalue weighted by Crippen LogP contribution is 2.45. The van der Waals surface area contributed by atoms with Gasteiger partial charge in [-0.05, 0) is 37.5 Å². The molecule has 0 aliphatic carbocycles. The molecule has 0 aromatic heterocycles. The lowest BCUT2D eigenvalue weighted by molar-refractivity contribution is -0.120. The van der Waals surface area contributed by atoms with E-state index < -0.39 is 18.2 Å². The Morgan fingerprint density at radius 1 is 0.923 bits per heavy atom. The monoisotopic (exact) mass is 534 g/mol. The van der Waals surface area contributed by atoms with Gasteiger partial charge in [0.1, 0.15) is 22.8 Å². The average molecular weight is 535 g/mol. The molecule has 0 radical (unpaired) electrons. The van der Waals surface area contributed by atoms with Gasteiger partial charge in [0.2, 0.25) is 0 Å². The Labute approximate surface area is 228 Å². The number of ketones is 1. The van der Waals surface area contributed by atoms with Crippen molar-refractivity contribution in [2.75, 3.05) is 13.6 Å². The molecule has 0 saturated heterocycles. The van der Waals surface area contributed by atoms with Crippen LogP contribution in [-0.4, -0.2) is 36.5 Å². The molecular formula is C31H34O8. The van der Waals surface area contributed by atoms with Crippen LogP contribution in [0.2, 0.25) is 0 Å². The summed E-state index contributed by atoms with van der Waals surface area (Å²) >= 11 is 0. The van der Waals surface area contributed by atoms with Crippen molar-refractivity contribution in [1.29, 1.82) is 0 Å². The van der Waals surface area contributed by atoms with Gasteiger partial charge in [0, 0.05) is 17.0 Å². The number of hydrogen-bond donors (Lipinski definition) is 1. The predicted molar refractivity (Wildman–Crippen MR) is 143 cm³/mol. The van der Waals surface area contributed by atoms with Crippen molar-refractivity contribution in [3.05, 3.63) is 94.5 Å². The number of cyclic esters (lactones) is 1. The van der Waals surface area contributed by atoms with E-state index in [-0.39, 0.29) is 43.0 Å². The van der Waals surface area contributed by atoms with E-state index in [9.17, 15) is 14.7 Å². The maximum absolute atomic E-state index is 13.0. The first-order valence-electron chi connectivity index (χ1n) is 12.9. The quantitative estimate of drug-likeness (QED) is 0.172. The fourth-order valence-corrected chi connectivity index (χ4v) is 4.33. The first-order valence-corrected chi connectivity index (χ1v) is 12.9. The highest BCUT2D eigenvalue weighted by Gasteiger charge is 2.40. The SMILES string of the molecule is CC(=O)[C@@H](C)Cc1c(OCOCc2ccccc2)cc2c(c1OCOCc1ccccc1)C(=O)O[C@@H]2[C@H](C)O. The number of aliphatic hydroxyl groups excluding tert-OH is 1. The van der Waals surface area contributed by atoms with Gasteiger partial charge in [0.25, 0.3) is 0 Å². The van der Waals surface area contributed by atoms with Crippen molar-refractivity contribution in [1.82, 2.24) is 0 Å². The molecule has 8 nitrogen and oxygen atoms in total. The third kappa shape index (κ3) is 7.23. The molecule has 39 heavy (non-hydrogen) atoms. The Morgan fingerprint density at radius 2 is 1.49 bits per heavy atom. The van der Waals surface area contributed by atoms with Gasteiger partial charge >= 0.3 is 5.97 Å². The van der Waals surface area contributed by atoms with Crippen LogP contribution >= 0.6 is 0 Å². The lowest BCUT2D eigenvalue weighted by Gasteiger charge is -2.21. The Hall–Kier alpha value is -3.72. The van der Waals surface area contributed by atoms with Crippen LogP contribution in [0.1, 0.15) is 59.5 Å². The maximum Gasteiger partial charge on any atom is 0.343 e. The summed E-state index contributed by atoms with van der Waals surface area (Å²) in [5, 5.41) is 10.3. The number of fused-ring (bicyclic) bond motifs is 1. The van der Waals surface area contributed by atoms with Gasteiger partial charge in [-0.3, -0.25) is 4.79 Å². The topological polar surface area (TPSA) is 101 Å². The third-order valence-electron chi connectivity index (χ3n) is 6.57. The van der Waals surface area contributed by atoms with E-state index in [0.29, 0.717) is 30.1 Å². The minimum Gasteiger partial charge on any atom is -0.467 e. The van der Waals surface area contributed by atoms with Gasteiger partial charge in [-0.2, -0.15) is 0 Å². The molecule has 1 aliphatic heterocycles. The van der Waals surface area contributed by atoms with Gasteiger partial charge in [0.15, 0.2) is 19.7 Å². The second kappa shape index (κ2) is 13.4. The predicted octanol–water partition coefficient (Wildman–Crippen LogP) is 5.15. The number of ether oxygens (including phenoxy) is 5. The second-order valence-corrected chi connectivity index (χ2v) is 9.62. The number of carbonyl (C=O) groups excluding carboxylic acids is 2. The molecule has 8 heteroatoms. The normalized spacial score (nSPS) is 15.8. The number of carbonyl (C=O) groups is 2. The van der Waals surface area contributed by atoms with E-state index in [4.69, 9.17) is 23.7 Å². The molecule has 0 fully saturated rings. The molecular weight excluding hydrogens is 500 g/mol. The summed E-state index contributed by atoms with van der Waals surface area (Å²) in [6, 6.07) is 21.0. The lowest BCUT2D eigenvalue weighted by Crippen LogP contribution is -2.16. The number of hydrogen-bond acceptors (Lipinski definition) is 8. The number of aliphatic hydroxyl groups is 1. The molecule has 0 amide bonds. The van der Waals surface area contributed by atoms with E-state index in [2.05, 4.69) is 0 Å². The van der Waals surface area contributed by atoms with Crippen LogP contribution in [0.3, 0.4) is 0 Å². The zero-order chi connectivity index (χ0) is 27.8. The van der Waals surface area contributed by atoms with Crippen molar-refractivity contribution in [3.8, 4) is 11.5 Å². The first-order chi connectivity index (χ1) is 18.8. The summed E-state index contributed by atoms with van der Waals surface area (Å²) < 4.78 is 29.1. The average Bonchev–Trinajstić information content (AvgIpc) is 3.27. The van der Waals surface area contributed by atoms with Crippen LogP contribution in [0, 0.1) is 5.92 Å². The summed E-state index contributed by atoms with van der Waals surface area (Å²) in [5.74, 6) is -0.389. The third-order valence-corrected chi connectivity index (χ3v) is 6.57. The van der Waals surface area contributed by atoms with Gasteiger partial charge in [-0.1, -0.05) is 67.6 Å². The van der Waals surface area contributed by atoms with Gasteiger partial charge in [0.05, 0.1) is 19.3 Å². The molecule has 0 bridgehead atoms. The van der Waals surface area contributed by atoms with E-state index in [1.807, 2.05) is 60.7 Å². The highest BCUT2D eigenvalue weighted by atomic mass is 16.7. The van der Waals surface area contributed by atoms with Gasteiger partial charge in [-0.25, -0.2) is 4.79 Å². The van der Waals surface area contributed by atoms with Crippen LogP contribution in [0.15, 0.2) is 66.7 Å². The van der Waals surface area contributed by atoms with Crippen LogP contribution < -0.4 is 9.47 Å². The Balaban J connectivity index is 1.62. The van der Waals surface area contributed by atoms with E-state index in [0.717, 1.165) is 11.1 Å². The van der Waals surface area contributed by atoms with Crippen molar-refractivity contribution in [3.63, 3.8) is 0 Å². The van der Waals surface area contributed by atoms with Crippen molar-refractivity contribution >= 4 is 11.8 Å². The molecule has 3 aromatic carbocycles. The second-order valence-electron chi connectivity index (χ2n) is 9.62. The molecule has 4 rings (SSSR count). The van der Waals surface area contributed by atoms with E-state index in [1.165, 1.54) is 6.92 Å². The van der Waals surface area contributed by atoms with Crippen LogP contribution in [0.25, 0.3) is 0 Å². The summed E-state index contributed by atoms with van der Waals surface area (Å²) in [6.07, 6.45) is -1.58. The maximum atomic E-state index is 13.0. The van der Waals surface area contributed by atoms with E-state index >= 15 is 0 Å². The first kappa shape index (κ1) is 28.3. The highest BCUT2D eigenvalue weighted by molar-refractivity contribution is 5.98. The number of benzene rings is 3. The summed E-state index contributed by atoms with van der Waals surface area (Å²) in [6.45, 7) is 5.30. The lowest BCUT2D eigenvalue weighted by atomic mass is 9.91. The number of esters is 1. The van der Waals surface area contributed by atoms with Crippen LogP contribution in [0.4, 0.5) is 0 Å². The Bertz CT molecular complexity index is 1260. The fraction of sp³-hybridized carbons (Fsp3) is 0.355. The minimum atomic E-state index is -0.957. The molecule has 0 saturated carbocycles. The van der Waals surface area contributed by atoms with E-state index in [1.54, 1.807) is 19.9 Å². The van der Waals surface area contributed by atoms with Gasteiger partial charge < -0.3 is 28.8 Å². The zero-order valence-electron chi connectivity index (χ0n) is 22.4. The molecule has 206 valence electrons. The molecule has 3 atom stereocenters. The van der Waals surface area contributed by atoms with Gasteiger partial charge in [-0.15, -0.1) is 0 Å². The molecule has 1 heterocycles. The van der Waals surface area contributed by atoms with Crippen LogP contribution in [0.5, 0.6) is 11.5 Å². The molecule has 1 aliphatic rings. The Kier molecular flexibility index (Phi) is 9.70. The molecule has 0 unspecified atom stereocenters. The molecule has 0 spiro atoms. The fourth-order valence-electron chi connectivity index (χ4n) is 4.33. The van der Waals surface area contributed by atoms with Crippen molar-refractivity contribution in [2.45, 2.75) is 52.6 Å². The summed E-state index contributed by atoms with van der Waals surface area (Å²) in [5.41, 5.74) is 3.15.